The van der Waals surface area contributed by atoms with Crippen LogP contribution in [0.5, 0.6) is 11.5 Å². The van der Waals surface area contributed by atoms with Crippen LogP contribution in [0.3, 0.4) is 0 Å². The van der Waals surface area contributed by atoms with Crippen molar-refractivity contribution in [1.82, 2.24) is 5.43 Å². The van der Waals surface area contributed by atoms with Crippen LogP contribution in [0.4, 0.5) is 11.4 Å². The maximum atomic E-state index is 12.5. The number of hydrogen-bond acceptors (Lipinski definition) is 10. The standard InChI is InChI=1S/C21H16N4O9S/c1-33-20-11-14(13-22-23-21(26)15-3-2-4-17(12-15)25(29)30)5-10-19(20)34-35(31,32)18-8-6-16(7-9-18)24(27)28/h2-13H,1H3,(H,23,26). The van der Waals surface area contributed by atoms with Crippen molar-refractivity contribution in [2.75, 3.05) is 7.11 Å². The van der Waals surface area contributed by atoms with Crippen molar-refractivity contribution in [3.63, 3.8) is 0 Å². The van der Waals surface area contributed by atoms with Gasteiger partial charge in [-0.25, -0.2) is 5.43 Å². The number of nitro benzene ring substituents is 2. The van der Waals surface area contributed by atoms with Gasteiger partial charge in [0.1, 0.15) is 4.90 Å². The largest absolute Gasteiger partial charge is 0.493 e. The summed E-state index contributed by atoms with van der Waals surface area (Å²) in [5.74, 6) is -0.792. The molecule has 0 aromatic heterocycles. The number of nitrogens with zero attached hydrogens (tertiary/aromatic N) is 3. The summed E-state index contributed by atoms with van der Waals surface area (Å²) in [7, 11) is -3.03. The molecule has 3 aromatic rings. The Kier molecular flexibility index (Phi) is 7.36. The number of carbonyl (C=O) groups excluding carboxylic acids is 1. The number of hydrogen-bond donors (Lipinski definition) is 1. The Morgan fingerprint density at radius 1 is 0.943 bits per heavy atom. The first-order valence-corrected chi connectivity index (χ1v) is 11.0. The van der Waals surface area contributed by atoms with Crippen molar-refractivity contribution in [2.45, 2.75) is 4.90 Å². The molecular formula is C21H16N4O9S. The smallest absolute Gasteiger partial charge is 0.339 e. The van der Waals surface area contributed by atoms with Crippen LogP contribution >= 0.6 is 0 Å². The topological polar surface area (TPSA) is 180 Å². The molecule has 0 saturated carbocycles. The average Bonchev–Trinajstić information content (AvgIpc) is 2.84. The summed E-state index contributed by atoms with van der Waals surface area (Å²) in [6.45, 7) is 0. The van der Waals surface area contributed by atoms with E-state index in [-0.39, 0.29) is 33.3 Å². The highest BCUT2D eigenvalue weighted by atomic mass is 32.2. The lowest BCUT2D eigenvalue weighted by Crippen LogP contribution is -2.17. The SMILES string of the molecule is COc1cc(C=NNC(=O)c2cccc([N+](=O)[O-])c2)ccc1OS(=O)(=O)c1ccc([N+](=O)[O-])cc1. The first-order chi connectivity index (χ1) is 16.6. The van der Waals surface area contributed by atoms with E-state index in [1.54, 1.807) is 0 Å². The van der Waals surface area contributed by atoms with E-state index in [1.807, 2.05) is 0 Å². The number of hydrazone groups is 1. The van der Waals surface area contributed by atoms with E-state index in [1.165, 1.54) is 49.7 Å². The van der Waals surface area contributed by atoms with Crippen LogP contribution in [-0.2, 0) is 10.1 Å². The van der Waals surface area contributed by atoms with Crippen LogP contribution in [0.25, 0.3) is 0 Å². The summed E-state index contributed by atoms with van der Waals surface area (Å²) < 4.78 is 35.3. The van der Waals surface area contributed by atoms with E-state index in [9.17, 15) is 33.4 Å². The van der Waals surface area contributed by atoms with Gasteiger partial charge in [-0.1, -0.05) is 6.07 Å². The second kappa shape index (κ2) is 10.4. The number of amides is 1. The van der Waals surface area contributed by atoms with Crippen LogP contribution in [0, 0.1) is 20.2 Å². The predicted molar refractivity (Wildman–Crippen MR) is 122 cm³/mol. The van der Waals surface area contributed by atoms with Gasteiger partial charge in [0, 0.05) is 29.8 Å². The number of methoxy groups -OCH3 is 1. The third-order valence-electron chi connectivity index (χ3n) is 4.42. The fourth-order valence-electron chi connectivity index (χ4n) is 2.72. The molecule has 3 rings (SSSR count). The Morgan fingerprint density at radius 2 is 1.63 bits per heavy atom. The minimum atomic E-state index is -4.31. The molecular weight excluding hydrogens is 484 g/mol. The Bertz CT molecular complexity index is 1420. The van der Waals surface area contributed by atoms with Gasteiger partial charge in [0.2, 0.25) is 0 Å². The van der Waals surface area contributed by atoms with Crippen molar-refractivity contribution < 1.29 is 32.0 Å². The third-order valence-corrected chi connectivity index (χ3v) is 5.67. The summed E-state index contributed by atoms with van der Waals surface area (Å²) in [5, 5.41) is 25.3. The van der Waals surface area contributed by atoms with Gasteiger partial charge >= 0.3 is 10.1 Å². The summed E-state index contributed by atoms with van der Waals surface area (Å²) in [6, 6.07) is 13.4. The van der Waals surface area contributed by atoms with Gasteiger partial charge in [0.05, 0.1) is 23.2 Å². The Balaban J connectivity index is 1.72. The molecule has 1 amide bonds. The summed E-state index contributed by atoms with van der Waals surface area (Å²) in [4.78, 5) is 32.1. The van der Waals surface area contributed by atoms with Crippen molar-refractivity contribution in [2.24, 2.45) is 5.10 Å². The number of non-ortho nitro benzene ring substituents is 2. The summed E-state index contributed by atoms with van der Waals surface area (Å²) in [6.07, 6.45) is 1.24. The number of ether oxygens (including phenoxy) is 1. The van der Waals surface area contributed by atoms with Crippen LogP contribution in [0.1, 0.15) is 15.9 Å². The van der Waals surface area contributed by atoms with Gasteiger partial charge in [-0.3, -0.25) is 25.0 Å². The van der Waals surface area contributed by atoms with Gasteiger partial charge in [0.15, 0.2) is 11.5 Å². The predicted octanol–water partition coefficient (Wildman–Crippen LogP) is 3.04. The second-order valence-electron chi connectivity index (χ2n) is 6.71. The molecule has 0 unspecified atom stereocenters. The molecule has 0 saturated heterocycles. The van der Waals surface area contributed by atoms with E-state index >= 15 is 0 Å². The molecule has 0 aliphatic heterocycles. The lowest BCUT2D eigenvalue weighted by molar-refractivity contribution is -0.385. The number of nitro groups is 2. The van der Waals surface area contributed by atoms with Gasteiger partial charge in [-0.15, -0.1) is 0 Å². The van der Waals surface area contributed by atoms with Crippen LogP contribution in [0.15, 0.2) is 76.7 Å². The number of carbonyl (C=O) groups is 1. The molecule has 0 spiro atoms. The Labute approximate surface area is 198 Å². The van der Waals surface area contributed by atoms with Crippen molar-refractivity contribution in [3.05, 3.63) is 98.1 Å². The monoisotopic (exact) mass is 500 g/mol. The van der Waals surface area contributed by atoms with Crippen molar-refractivity contribution in [3.8, 4) is 11.5 Å². The zero-order valence-electron chi connectivity index (χ0n) is 17.9. The first kappa shape index (κ1) is 24.8. The molecule has 3 aromatic carbocycles. The highest BCUT2D eigenvalue weighted by Crippen LogP contribution is 2.30. The van der Waals surface area contributed by atoms with E-state index in [0.717, 1.165) is 30.3 Å². The van der Waals surface area contributed by atoms with Crippen LogP contribution in [-0.4, -0.2) is 37.5 Å². The molecule has 0 radical (unpaired) electrons. The highest BCUT2D eigenvalue weighted by molar-refractivity contribution is 7.87. The quantitative estimate of drug-likeness (QED) is 0.200. The highest BCUT2D eigenvalue weighted by Gasteiger charge is 2.20. The fourth-order valence-corrected chi connectivity index (χ4v) is 3.66. The van der Waals surface area contributed by atoms with E-state index < -0.39 is 25.9 Å². The molecule has 0 atom stereocenters. The molecule has 0 heterocycles. The fraction of sp³-hybridized carbons (Fsp3) is 0.0476. The maximum Gasteiger partial charge on any atom is 0.339 e. The van der Waals surface area contributed by atoms with Crippen molar-refractivity contribution in [1.29, 1.82) is 0 Å². The normalized spacial score (nSPS) is 11.1. The zero-order valence-corrected chi connectivity index (χ0v) is 18.7. The first-order valence-electron chi connectivity index (χ1n) is 9.55. The molecule has 0 fully saturated rings. The minimum absolute atomic E-state index is 0.0319. The van der Waals surface area contributed by atoms with E-state index in [2.05, 4.69) is 10.5 Å². The number of rotatable bonds is 9. The maximum absolute atomic E-state index is 12.5. The molecule has 1 N–H and O–H groups in total. The van der Waals surface area contributed by atoms with E-state index in [4.69, 9.17) is 8.92 Å². The summed E-state index contributed by atoms with van der Waals surface area (Å²) >= 11 is 0. The number of benzene rings is 3. The molecule has 14 heteroatoms. The second-order valence-corrected chi connectivity index (χ2v) is 8.25. The molecule has 35 heavy (non-hydrogen) atoms. The van der Waals surface area contributed by atoms with Gasteiger partial charge in [0.25, 0.3) is 17.3 Å². The zero-order chi connectivity index (χ0) is 25.6. The molecule has 0 bridgehead atoms. The third kappa shape index (κ3) is 6.14. The van der Waals surface area contributed by atoms with Crippen molar-refractivity contribution >= 4 is 33.6 Å². The average molecular weight is 500 g/mol. The minimum Gasteiger partial charge on any atom is -0.493 e. The van der Waals surface area contributed by atoms with Crippen LogP contribution in [0.2, 0.25) is 0 Å². The molecule has 13 nitrogen and oxygen atoms in total. The number of nitrogens with one attached hydrogen (secondary N) is 1. The molecule has 0 aliphatic carbocycles. The van der Waals surface area contributed by atoms with Crippen LogP contribution < -0.4 is 14.3 Å². The lowest BCUT2D eigenvalue weighted by atomic mass is 10.2. The Morgan fingerprint density at radius 3 is 2.26 bits per heavy atom. The van der Waals surface area contributed by atoms with Gasteiger partial charge in [-0.05, 0) is 42.0 Å². The lowest BCUT2D eigenvalue weighted by Gasteiger charge is -2.11. The van der Waals surface area contributed by atoms with Gasteiger partial charge in [-0.2, -0.15) is 13.5 Å². The Hall–Kier alpha value is -4.85. The van der Waals surface area contributed by atoms with Gasteiger partial charge < -0.3 is 8.92 Å². The van der Waals surface area contributed by atoms with E-state index in [0.29, 0.717) is 5.56 Å². The molecule has 180 valence electrons. The summed E-state index contributed by atoms with van der Waals surface area (Å²) in [5.41, 5.74) is 2.15. The molecule has 0 aliphatic rings.